The van der Waals surface area contributed by atoms with Crippen LogP contribution in [-0.4, -0.2) is 36.6 Å². The first-order chi connectivity index (χ1) is 14.1. The van der Waals surface area contributed by atoms with Crippen LogP contribution in [0.1, 0.15) is 10.6 Å². The van der Waals surface area contributed by atoms with Crippen LogP contribution in [0.15, 0.2) is 53.9 Å². The predicted octanol–water partition coefficient (Wildman–Crippen LogP) is 3.63. The summed E-state index contributed by atoms with van der Waals surface area (Å²) in [5.74, 6) is -0.236. The second-order valence-electron chi connectivity index (χ2n) is 6.65. The van der Waals surface area contributed by atoms with E-state index in [-0.39, 0.29) is 19.1 Å². The maximum absolute atomic E-state index is 12.5. The van der Waals surface area contributed by atoms with Crippen LogP contribution in [0, 0.1) is 6.92 Å². The number of amides is 1. The van der Waals surface area contributed by atoms with Gasteiger partial charge in [-0.3, -0.25) is 4.79 Å². The number of para-hydroxylation sites is 1. The highest BCUT2D eigenvalue weighted by Gasteiger charge is 2.26. The molecule has 1 aliphatic rings. The molecule has 0 atom stereocenters. The lowest BCUT2D eigenvalue weighted by Gasteiger charge is -2.17. The third kappa shape index (κ3) is 4.46. The van der Waals surface area contributed by atoms with Crippen molar-refractivity contribution in [3.8, 4) is 17.0 Å². The molecular formula is C22H20N2O4S. The molecule has 3 aromatic rings. The minimum Gasteiger partial charge on any atom is -0.482 e. The lowest BCUT2D eigenvalue weighted by molar-refractivity contribution is -0.149. The van der Waals surface area contributed by atoms with Gasteiger partial charge in [-0.05, 0) is 43.2 Å². The fourth-order valence-corrected chi connectivity index (χ4v) is 3.86. The van der Waals surface area contributed by atoms with Crippen molar-refractivity contribution in [3.05, 3.63) is 64.5 Å². The van der Waals surface area contributed by atoms with Crippen LogP contribution in [0.2, 0.25) is 0 Å². The third-order valence-electron chi connectivity index (χ3n) is 4.65. The van der Waals surface area contributed by atoms with Crippen molar-refractivity contribution in [1.82, 2.24) is 4.98 Å². The number of thiazole rings is 1. The highest BCUT2D eigenvalue weighted by atomic mass is 32.1. The summed E-state index contributed by atoms with van der Waals surface area (Å²) in [4.78, 5) is 30.6. The maximum atomic E-state index is 12.5. The van der Waals surface area contributed by atoms with Crippen molar-refractivity contribution >= 4 is 28.9 Å². The second-order valence-corrected chi connectivity index (χ2v) is 7.72. The SMILES string of the molecule is Cc1nc(-c2ccc3c(c2)CCN3C(=O)COC(=O)COc2ccccc2)cs1. The first-order valence-corrected chi connectivity index (χ1v) is 10.2. The molecule has 2 aromatic carbocycles. The van der Waals surface area contributed by atoms with Crippen molar-refractivity contribution in [2.75, 3.05) is 24.7 Å². The number of esters is 1. The number of nitrogens with zero attached hydrogens (tertiary/aromatic N) is 2. The second kappa shape index (κ2) is 8.45. The fraction of sp³-hybridized carbons (Fsp3) is 0.227. The van der Waals surface area contributed by atoms with Crippen LogP contribution in [0.3, 0.4) is 0 Å². The number of carbonyl (C=O) groups excluding carboxylic acids is 2. The molecular weight excluding hydrogens is 388 g/mol. The number of benzene rings is 2. The number of fused-ring (bicyclic) bond motifs is 1. The van der Waals surface area contributed by atoms with Crippen molar-refractivity contribution in [1.29, 1.82) is 0 Å². The van der Waals surface area contributed by atoms with Gasteiger partial charge < -0.3 is 14.4 Å². The van der Waals surface area contributed by atoms with E-state index in [4.69, 9.17) is 9.47 Å². The summed E-state index contributed by atoms with van der Waals surface area (Å²) < 4.78 is 10.4. The Hall–Kier alpha value is -3.19. The van der Waals surface area contributed by atoms with Crippen LogP contribution in [-0.2, 0) is 20.7 Å². The summed E-state index contributed by atoms with van der Waals surface area (Å²) in [6.07, 6.45) is 0.767. The van der Waals surface area contributed by atoms with Crippen LogP contribution < -0.4 is 9.64 Å². The van der Waals surface area contributed by atoms with Gasteiger partial charge in [0.2, 0.25) is 0 Å². The van der Waals surface area contributed by atoms with Crippen molar-refractivity contribution < 1.29 is 19.1 Å². The number of aromatic nitrogens is 1. The molecule has 0 unspecified atom stereocenters. The molecule has 0 radical (unpaired) electrons. The molecule has 2 heterocycles. The molecule has 0 N–H and O–H groups in total. The van der Waals surface area contributed by atoms with E-state index in [2.05, 4.69) is 11.1 Å². The first kappa shape index (κ1) is 19.1. The molecule has 29 heavy (non-hydrogen) atoms. The zero-order chi connectivity index (χ0) is 20.2. The van der Waals surface area contributed by atoms with Gasteiger partial charge in [0.15, 0.2) is 13.2 Å². The van der Waals surface area contributed by atoms with Crippen LogP contribution in [0.4, 0.5) is 5.69 Å². The van der Waals surface area contributed by atoms with E-state index >= 15 is 0 Å². The van der Waals surface area contributed by atoms with E-state index in [1.165, 1.54) is 0 Å². The average molecular weight is 408 g/mol. The highest BCUT2D eigenvalue weighted by Crippen LogP contribution is 2.32. The van der Waals surface area contributed by atoms with Gasteiger partial charge in [0, 0.05) is 23.2 Å². The molecule has 0 aliphatic carbocycles. The van der Waals surface area contributed by atoms with Gasteiger partial charge in [-0.2, -0.15) is 0 Å². The molecule has 0 saturated heterocycles. The monoisotopic (exact) mass is 408 g/mol. The fourth-order valence-electron chi connectivity index (χ4n) is 3.24. The van der Waals surface area contributed by atoms with Gasteiger partial charge in [0.1, 0.15) is 5.75 Å². The van der Waals surface area contributed by atoms with Crippen molar-refractivity contribution in [2.24, 2.45) is 0 Å². The summed E-state index contributed by atoms with van der Waals surface area (Å²) in [7, 11) is 0. The first-order valence-electron chi connectivity index (χ1n) is 9.29. The maximum Gasteiger partial charge on any atom is 0.344 e. The van der Waals surface area contributed by atoms with Crippen LogP contribution in [0.25, 0.3) is 11.3 Å². The van der Waals surface area contributed by atoms with Gasteiger partial charge in [0.05, 0.1) is 10.7 Å². The summed E-state index contributed by atoms with van der Waals surface area (Å²) in [5.41, 5.74) is 3.96. The molecule has 4 rings (SSSR count). The van der Waals surface area contributed by atoms with Gasteiger partial charge in [-0.15, -0.1) is 11.3 Å². The zero-order valence-corrected chi connectivity index (χ0v) is 16.8. The summed E-state index contributed by atoms with van der Waals surface area (Å²) in [6, 6.07) is 15.0. The summed E-state index contributed by atoms with van der Waals surface area (Å²) in [6.45, 7) is 2.02. The molecule has 1 aromatic heterocycles. The van der Waals surface area contributed by atoms with Gasteiger partial charge in [0.25, 0.3) is 5.91 Å². The summed E-state index contributed by atoms with van der Waals surface area (Å²) in [5, 5.41) is 3.06. The number of hydrogen-bond donors (Lipinski definition) is 0. The topological polar surface area (TPSA) is 68.7 Å². The zero-order valence-electron chi connectivity index (χ0n) is 16.0. The highest BCUT2D eigenvalue weighted by molar-refractivity contribution is 7.09. The lowest BCUT2D eigenvalue weighted by atomic mass is 10.1. The van der Waals surface area contributed by atoms with Crippen molar-refractivity contribution in [2.45, 2.75) is 13.3 Å². The molecule has 6 nitrogen and oxygen atoms in total. The predicted molar refractivity (Wildman–Crippen MR) is 111 cm³/mol. The number of ether oxygens (including phenoxy) is 2. The molecule has 0 saturated carbocycles. The van der Waals surface area contributed by atoms with E-state index in [0.29, 0.717) is 12.3 Å². The number of carbonyl (C=O) groups is 2. The average Bonchev–Trinajstić information content (AvgIpc) is 3.37. The third-order valence-corrected chi connectivity index (χ3v) is 5.42. The minimum absolute atomic E-state index is 0.232. The Kier molecular flexibility index (Phi) is 5.57. The molecule has 1 amide bonds. The number of rotatable bonds is 6. The Balaban J connectivity index is 1.33. The van der Waals surface area contributed by atoms with E-state index in [0.717, 1.165) is 33.9 Å². The molecule has 0 bridgehead atoms. The Bertz CT molecular complexity index is 1030. The summed E-state index contributed by atoms with van der Waals surface area (Å²) >= 11 is 1.62. The normalized spacial score (nSPS) is 12.5. The van der Waals surface area contributed by atoms with Crippen LogP contribution in [0.5, 0.6) is 5.75 Å². The standard InChI is InChI=1S/C22H20N2O4S/c1-15-23-19(14-29-15)16-7-8-20-17(11-16)9-10-24(20)21(25)12-28-22(26)13-27-18-5-3-2-4-6-18/h2-8,11,14H,9-10,12-13H2,1H3. The largest absolute Gasteiger partial charge is 0.482 e. The van der Waals surface area contributed by atoms with Crippen LogP contribution >= 0.6 is 11.3 Å². The van der Waals surface area contributed by atoms with E-state index in [1.807, 2.05) is 42.6 Å². The smallest absolute Gasteiger partial charge is 0.344 e. The Labute approximate surface area is 172 Å². The van der Waals surface area contributed by atoms with E-state index in [1.54, 1.807) is 28.4 Å². The quantitative estimate of drug-likeness (QED) is 0.583. The van der Waals surface area contributed by atoms with Gasteiger partial charge >= 0.3 is 5.97 Å². The number of hydrogen-bond acceptors (Lipinski definition) is 6. The molecule has 0 fully saturated rings. The molecule has 148 valence electrons. The van der Waals surface area contributed by atoms with Gasteiger partial charge in [-0.1, -0.05) is 24.3 Å². The minimum atomic E-state index is -0.573. The number of aryl methyl sites for hydroxylation is 1. The van der Waals surface area contributed by atoms with E-state index < -0.39 is 5.97 Å². The molecule has 0 spiro atoms. The Morgan fingerprint density at radius 2 is 1.97 bits per heavy atom. The number of anilines is 1. The Morgan fingerprint density at radius 3 is 2.72 bits per heavy atom. The van der Waals surface area contributed by atoms with E-state index in [9.17, 15) is 9.59 Å². The lowest BCUT2D eigenvalue weighted by Crippen LogP contribution is -2.33. The van der Waals surface area contributed by atoms with Gasteiger partial charge in [-0.25, -0.2) is 9.78 Å². The molecule has 7 heteroatoms. The Morgan fingerprint density at radius 1 is 1.14 bits per heavy atom. The molecule has 1 aliphatic heterocycles. The van der Waals surface area contributed by atoms with Crippen molar-refractivity contribution in [3.63, 3.8) is 0 Å².